The third-order valence-electron chi connectivity index (χ3n) is 4.07. The molecule has 0 saturated heterocycles. The quantitative estimate of drug-likeness (QED) is 0.665. The van der Waals surface area contributed by atoms with E-state index in [0.29, 0.717) is 23.0 Å². The minimum absolute atomic E-state index is 0.147. The van der Waals surface area contributed by atoms with Crippen molar-refractivity contribution in [3.63, 3.8) is 0 Å². The van der Waals surface area contributed by atoms with Gasteiger partial charge < -0.3 is 0 Å². The number of rotatable bonds is 5. The van der Waals surface area contributed by atoms with Gasteiger partial charge in [0.25, 0.3) is 5.91 Å². The monoisotopic (exact) mass is 376 g/mol. The van der Waals surface area contributed by atoms with Crippen LogP contribution in [0.15, 0.2) is 35.8 Å². The molecule has 0 atom stereocenters. The van der Waals surface area contributed by atoms with Crippen LogP contribution in [0.1, 0.15) is 44.4 Å². The van der Waals surface area contributed by atoms with Crippen LogP contribution in [-0.4, -0.2) is 10.9 Å². The second-order valence-electron chi connectivity index (χ2n) is 5.98. The maximum absolute atomic E-state index is 13.7. The van der Waals surface area contributed by atoms with Gasteiger partial charge in [-0.1, -0.05) is 6.07 Å². The zero-order valence-corrected chi connectivity index (χ0v) is 14.7. The van der Waals surface area contributed by atoms with Crippen molar-refractivity contribution in [3.8, 4) is 0 Å². The summed E-state index contributed by atoms with van der Waals surface area (Å²) in [7, 11) is 0. The van der Waals surface area contributed by atoms with Crippen LogP contribution in [0, 0.1) is 11.6 Å². The number of thiophene rings is 1. The van der Waals surface area contributed by atoms with Crippen LogP contribution in [0.25, 0.3) is 0 Å². The third-order valence-corrected chi connectivity index (χ3v) is 5.91. The number of hydrogen-bond donors (Lipinski definition) is 1. The number of amides is 1. The predicted octanol–water partition coefficient (Wildman–Crippen LogP) is 5.20. The molecule has 1 aromatic carbocycles. The maximum atomic E-state index is 13.7. The molecule has 0 spiro atoms. The first kappa shape index (κ1) is 16.4. The van der Waals surface area contributed by atoms with Crippen molar-refractivity contribution in [2.75, 3.05) is 5.32 Å². The highest BCUT2D eigenvalue weighted by molar-refractivity contribution is 7.16. The van der Waals surface area contributed by atoms with E-state index >= 15 is 0 Å². The predicted molar refractivity (Wildman–Crippen MR) is 95.5 cm³/mol. The van der Waals surface area contributed by atoms with E-state index in [1.54, 1.807) is 6.20 Å². The summed E-state index contributed by atoms with van der Waals surface area (Å²) in [6, 6.07) is 5.55. The largest absolute Gasteiger partial charge is 0.297 e. The minimum atomic E-state index is -0.596. The SMILES string of the molecule is O=C(Nc1ncc(Cc2ccc(F)cc2F)s1)c1sccc1C1CC1. The fourth-order valence-electron chi connectivity index (χ4n) is 2.67. The molecule has 3 aromatic rings. The summed E-state index contributed by atoms with van der Waals surface area (Å²) in [4.78, 5) is 18.2. The number of carbonyl (C=O) groups is 1. The van der Waals surface area contributed by atoms with E-state index in [4.69, 9.17) is 0 Å². The standard InChI is InChI=1S/C18H14F2N2OS2/c19-12-4-3-11(15(20)8-12)7-13-9-21-18(25-13)22-17(23)16-14(5-6-24-16)10-1-2-10/h3-6,8-10H,1-2,7H2,(H,21,22,23). The minimum Gasteiger partial charge on any atom is -0.297 e. The normalized spacial score (nSPS) is 13.8. The van der Waals surface area contributed by atoms with Crippen molar-refractivity contribution in [3.05, 3.63) is 68.4 Å². The van der Waals surface area contributed by atoms with Gasteiger partial charge in [-0.05, 0) is 47.4 Å². The molecule has 0 unspecified atom stereocenters. The summed E-state index contributed by atoms with van der Waals surface area (Å²) in [5.74, 6) is -0.807. The van der Waals surface area contributed by atoms with E-state index in [9.17, 15) is 13.6 Å². The summed E-state index contributed by atoms with van der Waals surface area (Å²) < 4.78 is 26.7. The molecule has 1 amide bonds. The molecule has 1 aliphatic carbocycles. The Labute approximate surface area is 151 Å². The number of carbonyl (C=O) groups excluding carboxylic acids is 1. The summed E-state index contributed by atoms with van der Waals surface area (Å²) in [6.45, 7) is 0. The average molecular weight is 376 g/mol. The Morgan fingerprint density at radius 1 is 1.28 bits per heavy atom. The zero-order valence-electron chi connectivity index (χ0n) is 13.1. The van der Waals surface area contributed by atoms with Gasteiger partial charge in [-0.25, -0.2) is 13.8 Å². The lowest BCUT2D eigenvalue weighted by Crippen LogP contribution is -2.11. The number of thiazole rings is 1. The van der Waals surface area contributed by atoms with Gasteiger partial charge in [-0.2, -0.15) is 0 Å². The van der Waals surface area contributed by atoms with Crippen LogP contribution < -0.4 is 5.32 Å². The molecule has 1 aliphatic rings. The fourth-order valence-corrected chi connectivity index (χ4v) is 4.38. The summed E-state index contributed by atoms with van der Waals surface area (Å²) in [6.07, 6.45) is 4.20. The Bertz CT molecular complexity index is 931. The highest BCUT2D eigenvalue weighted by atomic mass is 32.1. The maximum Gasteiger partial charge on any atom is 0.267 e. The second-order valence-corrected chi connectivity index (χ2v) is 8.01. The van der Waals surface area contributed by atoms with Gasteiger partial charge in [0.2, 0.25) is 0 Å². The molecule has 25 heavy (non-hydrogen) atoms. The molecule has 0 radical (unpaired) electrons. The first-order chi connectivity index (χ1) is 12.1. The highest BCUT2D eigenvalue weighted by Crippen LogP contribution is 2.43. The molecule has 4 rings (SSSR count). The van der Waals surface area contributed by atoms with E-state index in [2.05, 4.69) is 10.3 Å². The van der Waals surface area contributed by atoms with Gasteiger partial charge in [0.1, 0.15) is 11.6 Å². The Hall–Kier alpha value is -2.12. The number of nitrogens with zero attached hydrogens (tertiary/aromatic N) is 1. The summed E-state index contributed by atoms with van der Waals surface area (Å²) in [5, 5.41) is 5.24. The van der Waals surface area contributed by atoms with Crippen LogP contribution >= 0.6 is 22.7 Å². The van der Waals surface area contributed by atoms with Crippen molar-refractivity contribution >= 4 is 33.7 Å². The molecule has 2 aromatic heterocycles. The van der Waals surface area contributed by atoms with Crippen molar-refractivity contribution in [1.82, 2.24) is 4.98 Å². The molecular formula is C18H14F2N2OS2. The second kappa shape index (κ2) is 6.65. The van der Waals surface area contributed by atoms with Crippen LogP contribution in [0.4, 0.5) is 13.9 Å². The number of halogens is 2. The topological polar surface area (TPSA) is 42.0 Å². The van der Waals surface area contributed by atoms with Gasteiger partial charge >= 0.3 is 0 Å². The van der Waals surface area contributed by atoms with Crippen molar-refractivity contribution in [2.45, 2.75) is 25.2 Å². The van der Waals surface area contributed by atoms with Crippen molar-refractivity contribution < 1.29 is 13.6 Å². The molecule has 1 N–H and O–H groups in total. The molecule has 1 fully saturated rings. The lowest BCUT2D eigenvalue weighted by atomic mass is 10.1. The van der Waals surface area contributed by atoms with E-state index in [0.717, 1.165) is 34.2 Å². The smallest absolute Gasteiger partial charge is 0.267 e. The van der Waals surface area contributed by atoms with Gasteiger partial charge in [-0.15, -0.1) is 22.7 Å². The average Bonchev–Trinajstić information content (AvgIpc) is 3.13. The molecule has 3 nitrogen and oxygen atoms in total. The van der Waals surface area contributed by atoms with E-state index < -0.39 is 11.6 Å². The first-order valence-electron chi connectivity index (χ1n) is 7.87. The molecule has 0 bridgehead atoms. The van der Waals surface area contributed by atoms with Crippen LogP contribution in [0.5, 0.6) is 0 Å². The van der Waals surface area contributed by atoms with Crippen molar-refractivity contribution in [2.24, 2.45) is 0 Å². The molecule has 128 valence electrons. The van der Waals surface area contributed by atoms with Gasteiger partial charge in [-0.3, -0.25) is 10.1 Å². The van der Waals surface area contributed by atoms with Crippen LogP contribution in [0.3, 0.4) is 0 Å². The number of aromatic nitrogens is 1. The number of hydrogen-bond acceptors (Lipinski definition) is 4. The first-order valence-corrected chi connectivity index (χ1v) is 9.57. The molecule has 2 heterocycles. The number of nitrogens with one attached hydrogen (secondary N) is 1. The Balaban J connectivity index is 1.46. The molecule has 1 saturated carbocycles. The fraction of sp³-hybridized carbons (Fsp3) is 0.222. The number of anilines is 1. The Morgan fingerprint density at radius 2 is 2.12 bits per heavy atom. The Morgan fingerprint density at radius 3 is 2.88 bits per heavy atom. The van der Waals surface area contributed by atoms with Crippen LogP contribution in [-0.2, 0) is 6.42 Å². The highest BCUT2D eigenvalue weighted by Gasteiger charge is 2.29. The van der Waals surface area contributed by atoms with Gasteiger partial charge in [0.15, 0.2) is 5.13 Å². The van der Waals surface area contributed by atoms with E-state index in [1.165, 1.54) is 34.8 Å². The zero-order chi connectivity index (χ0) is 17.4. The lowest BCUT2D eigenvalue weighted by Gasteiger charge is -2.02. The van der Waals surface area contributed by atoms with E-state index in [-0.39, 0.29) is 5.91 Å². The van der Waals surface area contributed by atoms with Crippen LogP contribution in [0.2, 0.25) is 0 Å². The third kappa shape index (κ3) is 3.62. The van der Waals surface area contributed by atoms with Gasteiger partial charge in [0, 0.05) is 23.6 Å². The number of benzene rings is 1. The lowest BCUT2D eigenvalue weighted by molar-refractivity contribution is 0.102. The van der Waals surface area contributed by atoms with E-state index in [1.807, 2.05) is 11.4 Å². The summed E-state index contributed by atoms with van der Waals surface area (Å²) in [5.41, 5.74) is 1.52. The molecular weight excluding hydrogens is 362 g/mol. The van der Waals surface area contributed by atoms with Crippen molar-refractivity contribution in [1.29, 1.82) is 0 Å². The molecule has 0 aliphatic heterocycles. The van der Waals surface area contributed by atoms with Gasteiger partial charge in [0.05, 0.1) is 4.88 Å². The summed E-state index contributed by atoms with van der Waals surface area (Å²) >= 11 is 2.73. The Kier molecular flexibility index (Phi) is 4.35. The molecule has 7 heteroatoms.